The van der Waals surface area contributed by atoms with Crippen LogP contribution in [0.3, 0.4) is 0 Å². The number of thioether (sulfide) groups is 1. The van der Waals surface area contributed by atoms with Crippen LogP contribution in [0.4, 0.5) is 5.69 Å². The van der Waals surface area contributed by atoms with E-state index < -0.39 is 61.1 Å². The third-order valence-electron chi connectivity index (χ3n) is 11.0. The molecule has 1 aromatic heterocycles. The van der Waals surface area contributed by atoms with Crippen molar-refractivity contribution in [3.8, 4) is 5.69 Å². The summed E-state index contributed by atoms with van der Waals surface area (Å²) in [7, 11) is 0. The third-order valence-corrected chi connectivity index (χ3v) is 12.8. The first kappa shape index (κ1) is 47.8. The molecule has 0 N–H and O–H groups in total. The topological polar surface area (TPSA) is 157 Å². The van der Waals surface area contributed by atoms with Crippen LogP contribution < -0.4 is 9.60 Å². The van der Waals surface area contributed by atoms with Gasteiger partial charge in [-0.2, -0.15) is 4.98 Å². The lowest BCUT2D eigenvalue weighted by atomic mass is 9.97. The van der Waals surface area contributed by atoms with Gasteiger partial charge in [0.1, 0.15) is 12.7 Å². The lowest BCUT2D eigenvalue weighted by molar-refractivity contribution is -0.227. The molecule has 7 aromatic carbocycles. The van der Waals surface area contributed by atoms with E-state index in [-0.39, 0.29) is 27.1 Å². The number of rotatable bonds is 15. The predicted molar refractivity (Wildman–Crippen MR) is 267 cm³/mol. The van der Waals surface area contributed by atoms with Crippen LogP contribution in [0.1, 0.15) is 47.0 Å². The molecule has 13 nitrogen and oxygen atoms in total. The SMILES string of the molecule is O=C(OC[C@H]1O[C@@H](/N=c2\sc(=Nc3ccccc3)nc(SCc3ccccc3)n2-c2ccccc2)[C@H](OC(=O)c2ccccc2)[C@@H](OC(=O)c2ccccc2)[C@@H]1OC(=O)c1ccccc1)c1ccccc1. The van der Waals surface area contributed by atoms with Crippen LogP contribution in [0.5, 0.6) is 0 Å². The summed E-state index contributed by atoms with van der Waals surface area (Å²) in [6, 6.07) is 61.7. The zero-order valence-corrected chi connectivity index (χ0v) is 39.4. The van der Waals surface area contributed by atoms with Gasteiger partial charge in [-0.05, 0) is 78.4 Å². The standard InChI is InChI=1S/C56H44N4O9S2/c61-50(39-24-10-2-11-25-39)65-36-45-46(67-51(62)40-26-12-3-13-27-40)47(68-52(63)41-28-14-4-15-29-41)48(69-53(64)42-30-16-5-17-31-42)49(66-45)58-56-60(44-34-20-7-21-35-44)55(70-37-38-22-8-1-9-23-38)59-54(71-56)57-43-32-18-6-19-33-43/h1-35,45-49H,36-37H2/b57-54?,58-56-/t45-,46-,47+,48-,49-/m1/s1. The summed E-state index contributed by atoms with van der Waals surface area (Å²) in [6.45, 7) is -0.517. The molecule has 0 bridgehead atoms. The number of aromatic nitrogens is 2. The van der Waals surface area contributed by atoms with E-state index in [0.717, 1.165) is 16.9 Å². The fraction of sp³-hybridized carbons (Fsp3) is 0.125. The summed E-state index contributed by atoms with van der Waals surface area (Å²) < 4.78 is 33.7. The number of nitrogens with zero attached hydrogens (tertiary/aromatic N) is 4. The Bertz CT molecular complexity index is 3200. The van der Waals surface area contributed by atoms with Crippen LogP contribution in [0.25, 0.3) is 5.69 Å². The highest BCUT2D eigenvalue weighted by Crippen LogP contribution is 2.32. The molecular weight excluding hydrogens is 937 g/mol. The first-order chi connectivity index (χ1) is 34.9. The molecule has 5 atom stereocenters. The van der Waals surface area contributed by atoms with Gasteiger partial charge in [0.15, 0.2) is 34.5 Å². The van der Waals surface area contributed by atoms with E-state index in [1.807, 2.05) is 95.6 Å². The fourth-order valence-electron chi connectivity index (χ4n) is 7.48. The first-order valence-electron chi connectivity index (χ1n) is 22.5. The molecule has 0 radical (unpaired) electrons. The monoisotopic (exact) mass is 980 g/mol. The van der Waals surface area contributed by atoms with Crippen LogP contribution >= 0.6 is 23.1 Å². The maximum absolute atomic E-state index is 14.4. The number of hydrogen-bond donors (Lipinski definition) is 0. The zero-order valence-electron chi connectivity index (χ0n) is 37.8. The van der Waals surface area contributed by atoms with Crippen molar-refractivity contribution in [2.45, 2.75) is 41.6 Å². The van der Waals surface area contributed by atoms with Gasteiger partial charge in [-0.3, -0.25) is 4.57 Å². The predicted octanol–water partition coefficient (Wildman–Crippen LogP) is 9.62. The number of carbonyl (C=O) groups is 4. The third kappa shape index (κ3) is 12.3. The van der Waals surface area contributed by atoms with Gasteiger partial charge in [0.25, 0.3) is 0 Å². The fourth-order valence-corrected chi connectivity index (χ4v) is 9.44. The van der Waals surface area contributed by atoms with Crippen molar-refractivity contribution >= 4 is 52.7 Å². The van der Waals surface area contributed by atoms with Crippen molar-refractivity contribution in [2.75, 3.05) is 6.61 Å². The Morgan fingerprint density at radius 3 is 1.49 bits per heavy atom. The molecule has 0 saturated carbocycles. The second kappa shape index (κ2) is 23.4. The number of benzene rings is 7. The van der Waals surface area contributed by atoms with E-state index in [9.17, 15) is 19.2 Å². The van der Waals surface area contributed by atoms with Crippen molar-refractivity contribution in [1.82, 2.24) is 9.55 Å². The molecule has 8 aromatic rings. The highest BCUT2D eigenvalue weighted by atomic mass is 32.2. The Hall–Kier alpha value is -8.24. The molecular formula is C56H44N4O9S2. The molecule has 1 fully saturated rings. The molecule has 0 aliphatic carbocycles. The van der Waals surface area contributed by atoms with Gasteiger partial charge in [0, 0.05) is 5.75 Å². The molecule has 15 heteroatoms. The number of hydrogen-bond acceptors (Lipinski definition) is 14. The zero-order chi connectivity index (χ0) is 48.8. The lowest BCUT2D eigenvalue weighted by Crippen LogP contribution is -2.62. The molecule has 9 rings (SSSR count). The summed E-state index contributed by atoms with van der Waals surface area (Å²) in [5.41, 5.74) is 3.11. The van der Waals surface area contributed by atoms with Gasteiger partial charge < -0.3 is 23.7 Å². The van der Waals surface area contributed by atoms with Crippen LogP contribution in [0.15, 0.2) is 227 Å². The number of esters is 4. The Kier molecular flexibility index (Phi) is 15.7. The molecule has 71 heavy (non-hydrogen) atoms. The van der Waals surface area contributed by atoms with Crippen molar-refractivity contribution in [2.24, 2.45) is 9.98 Å². The van der Waals surface area contributed by atoms with Crippen LogP contribution in [-0.4, -0.2) is 70.7 Å². The summed E-state index contributed by atoms with van der Waals surface area (Å²) in [6.07, 6.45) is -7.69. The van der Waals surface area contributed by atoms with E-state index in [1.54, 1.807) is 121 Å². The van der Waals surface area contributed by atoms with E-state index in [0.29, 0.717) is 27.1 Å². The number of carbonyl (C=O) groups excluding carboxylic acids is 4. The van der Waals surface area contributed by atoms with Crippen molar-refractivity contribution < 1.29 is 42.9 Å². The summed E-state index contributed by atoms with van der Waals surface area (Å²) in [5, 5.41) is 0.510. The van der Waals surface area contributed by atoms with Crippen LogP contribution in [0, 0.1) is 0 Å². The quantitative estimate of drug-likeness (QED) is 0.0548. The second-order valence-corrected chi connectivity index (χ2v) is 17.7. The molecule has 0 spiro atoms. The van der Waals surface area contributed by atoms with Gasteiger partial charge in [0.2, 0.25) is 4.80 Å². The first-order valence-corrected chi connectivity index (χ1v) is 24.3. The van der Waals surface area contributed by atoms with Gasteiger partial charge in [-0.1, -0.05) is 163 Å². The van der Waals surface area contributed by atoms with E-state index in [4.69, 9.17) is 38.7 Å². The normalized spacial score (nSPS) is 17.9. The van der Waals surface area contributed by atoms with Gasteiger partial charge in [0.05, 0.1) is 33.6 Å². The largest absolute Gasteiger partial charge is 0.459 e. The Morgan fingerprint density at radius 2 is 0.972 bits per heavy atom. The van der Waals surface area contributed by atoms with Crippen LogP contribution in [-0.2, 0) is 29.4 Å². The molecule has 0 amide bonds. The van der Waals surface area contributed by atoms with Crippen molar-refractivity contribution in [1.29, 1.82) is 0 Å². The number of ether oxygens (including phenoxy) is 5. The lowest BCUT2D eigenvalue weighted by Gasteiger charge is -2.43. The average molecular weight is 981 g/mol. The Morgan fingerprint density at radius 1 is 0.535 bits per heavy atom. The van der Waals surface area contributed by atoms with E-state index >= 15 is 0 Å². The van der Waals surface area contributed by atoms with Gasteiger partial charge in [-0.25, -0.2) is 29.2 Å². The van der Waals surface area contributed by atoms with Crippen molar-refractivity contribution in [3.63, 3.8) is 0 Å². The maximum Gasteiger partial charge on any atom is 0.338 e. The van der Waals surface area contributed by atoms with Crippen LogP contribution in [0.2, 0.25) is 0 Å². The minimum Gasteiger partial charge on any atom is -0.459 e. The number of para-hydroxylation sites is 2. The second-order valence-electron chi connectivity index (χ2n) is 15.8. The molecule has 1 aliphatic heterocycles. The molecule has 1 aliphatic rings. The average Bonchev–Trinajstić information content (AvgIpc) is 3.42. The highest BCUT2D eigenvalue weighted by molar-refractivity contribution is 7.98. The summed E-state index contributed by atoms with van der Waals surface area (Å²) in [4.78, 5) is 72.4. The smallest absolute Gasteiger partial charge is 0.338 e. The Labute approximate surface area is 416 Å². The van der Waals surface area contributed by atoms with Gasteiger partial charge in [-0.15, -0.1) is 0 Å². The molecule has 1 saturated heterocycles. The molecule has 2 heterocycles. The highest BCUT2D eigenvalue weighted by Gasteiger charge is 2.53. The molecule has 0 unspecified atom stereocenters. The minimum atomic E-state index is -1.62. The summed E-state index contributed by atoms with van der Waals surface area (Å²) in [5.74, 6) is -2.62. The molecule has 354 valence electrons. The maximum atomic E-state index is 14.4. The Balaban J connectivity index is 1.25. The van der Waals surface area contributed by atoms with E-state index in [1.165, 1.54) is 11.8 Å². The minimum absolute atomic E-state index is 0.159. The summed E-state index contributed by atoms with van der Waals surface area (Å²) >= 11 is 2.58. The van der Waals surface area contributed by atoms with Gasteiger partial charge >= 0.3 is 23.9 Å². The van der Waals surface area contributed by atoms with E-state index in [2.05, 4.69) is 0 Å². The van der Waals surface area contributed by atoms with Crippen molar-refractivity contribution in [3.05, 3.63) is 250 Å².